The van der Waals surface area contributed by atoms with Crippen molar-refractivity contribution in [1.82, 2.24) is 5.16 Å². The second-order valence-electron chi connectivity index (χ2n) is 10.6. The predicted octanol–water partition coefficient (Wildman–Crippen LogP) is 8.11. The van der Waals surface area contributed by atoms with Gasteiger partial charge in [0, 0.05) is 17.4 Å². The van der Waals surface area contributed by atoms with Gasteiger partial charge in [0.2, 0.25) is 0 Å². The minimum atomic E-state index is -4.44. The molecule has 1 saturated carbocycles. The number of ether oxygens (including phenoxy) is 2. The van der Waals surface area contributed by atoms with Gasteiger partial charge < -0.3 is 14.0 Å². The number of carbonyl (C=O) groups excluding carboxylic acids is 2. The molecule has 1 amide bonds. The van der Waals surface area contributed by atoms with E-state index in [0.717, 1.165) is 41.7 Å². The number of amides is 1. The Morgan fingerprint density at radius 3 is 2.23 bits per heavy atom. The molecule has 0 radical (unpaired) electrons. The Labute approximate surface area is 247 Å². The SMILES string of the molecule is CCOC(=O)CC1(c2ccc(-c3ccc(-c4onc(C)c4NC(=O)OCCc4cccc(C(F)(F)F)c4)cc3)cc2)CC1. The molecule has 0 spiro atoms. The van der Waals surface area contributed by atoms with Crippen LogP contribution in [-0.2, 0) is 32.3 Å². The standard InChI is InChI=1S/C33H31F3N2O5/c1-3-41-28(39)20-32(16-17-32)26-13-11-24(12-14-26)23-7-9-25(10-8-23)30-29(21(2)38-43-30)37-31(40)42-18-15-22-5-4-6-27(19-22)33(34,35)36/h4-14,19H,3,15-18,20H2,1-2H3,(H,37,40). The average Bonchev–Trinajstić information content (AvgIpc) is 3.68. The van der Waals surface area contributed by atoms with Gasteiger partial charge in [0.25, 0.3) is 0 Å². The summed E-state index contributed by atoms with van der Waals surface area (Å²) >= 11 is 0. The highest BCUT2D eigenvalue weighted by Gasteiger charge is 2.46. The van der Waals surface area contributed by atoms with Crippen LogP contribution in [0.15, 0.2) is 77.3 Å². The molecule has 1 heterocycles. The molecule has 0 unspecified atom stereocenters. The highest BCUT2D eigenvalue weighted by Crippen LogP contribution is 2.51. The molecule has 0 saturated heterocycles. The Kier molecular flexibility index (Phi) is 8.57. The van der Waals surface area contributed by atoms with E-state index in [4.69, 9.17) is 14.0 Å². The molecule has 4 aromatic rings. The van der Waals surface area contributed by atoms with Crippen molar-refractivity contribution >= 4 is 17.7 Å². The summed E-state index contributed by atoms with van der Waals surface area (Å²) in [6.45, 7) is 3.76. The van der Waals surface area contributed by atoms with Crippen molar-refractivity contribution in [2.75, 3.05) is 18.5 Å². The number of carbonyl (C=O) groups is 2. The summed E-state index contributed by atoms with van der Waals surface area (Å²) in [5.41, 5.74) is 4.13. The summed E-state index contributed by atoms with van der Waals surface area (Å²) < 4.78 is 54.7. The summed E-state index contributed by atoms with van der Waals surface area (Å²) in [4.78, 5) is 24.5. The molecule has 1 fully saturated rings. The summed E-state index contributed by atoms with van der Waals surface area (Å²) in [6.07, 6.45) is -2.75. The number of aryl methyl sites for hydroxylation is 1. The number of aromatic nitrogens is 1. The van der Waals surface area contributed by atoms with Crippen LogP contribution in [0.4, 0.5) is 23.7 Å². The van der Waals surface area contributed by atoms with Crippen molar-refractivity contribution in [3.05, 3.63) is 95.2 Å². The third-order valence-corrected chi connectivity index (χ3v) is 7.59. The van der Waals surface area contributed by atoms with Crippen LogP contribution in [0.5, 0.6) is 0 Å². The zero-order valence-electron chi connectivity index (χ0n) is 23.8. The number of esters is 1. The second-order valence-corrected chi connectivity index (χ2v) is 10.6. The Morgan fingerprint density at radius 2 is 1.60 bits per heavy atom. The molecule has 7 nitrogen and oxygen atoms in total. The number of hydrogen-bond donors (Lipinski definition) is 1. The summed E-state index contributed by atoms with van der Waals surface area (Å²) in [5.74, 6) is 0.184. The zero-order valence-corrected chi connectivity index (χ0v) is 23.8. The van der Waals surface area contributed by atoms with Crippen LogP contribution in [0.3, 0.4) is 0 Å². The van der Waals surface area contributed by atoms with Crippen molar-refractivity contribution in [2.45, 2.75) is 51.1 Å². The maximum absolute atomic E-state index is 12.9. The van der Waals surface area contributed by atoms with Crippen LogP contribution in [0.2, 0.25) is 0 Å². The second kappa shape index (κ2) is 12.3. The van der Waals surface area contributed by atoms with Gasteiger partial charge >= 0.3 is 18.2 Å². The summed E-state index contributed by atoms with van der Waals surface area (Å²) in [7, 11) is 0. The molecule has 43 heavy (non-hydrogen) atoms. The molecule has 1 aromatic heterocycles. The molecule has 0 aliphatic heterocycles. The minimum absolute atomic E-state index is 0.107. The number of hydrogen-bond acceptors (Lipinski definition) is 6. The predicted molar refractivity (Wildman–Crippen MR) is 154 cm³/mol. The van der Waals surface area contributed by atoms with Gasteiger partial charge in [-0.05, 0) is 55.0 Å². The van der Waals surface area contributed by atoms with Gasteiger partial charge in [0.1, 0.15) is 11.4 Å². The maximum Gasteiger partial charge on any atom is 0.416 e. The Bertz CT molecular complexity index is 1590. The third kappa shape index (κ3) is 7.07. The van der Waals surface area contributed by atoms with Crippen LogP contribution in [0, 0.1) is 6.92 Å². The van der Waals surface area contributed by atoms with E-state index >= 15 is 0 Å². The fourth-order valence-corrected chi connectivity index (χ4v) is 5.05. The first-order chi connectivity index (χ1) is 20.6. The van der Waals surface area contributed by atoms with Crippen LogP contribution >= 0.6 is 0 Å². The maximum atomic E-state index is 12.9. The van der Waals surface area contributed by atoms with E-state index in [2.05, 4.69) is 22.6 Å². The van der Waals surface area contributed by atoms with Crippen molar-refractivity contribution < 1.29 is 36.8 Å². The monoisotopic (exact) mass is 592 g/mol. The van der Waals surface area contributed by atoms with Gasteiger partial charge in [-0.15, -0.1) is 0 Å². The number of rotatable bonds is 10. The first-order valence-corrected chi connectivity index (χ1v) is 14.0. The van der Waals surface area contributed by atoms with E-state index in [1.807, 2.05) is 43.3 Å². The number of halogens is 3. The lowest BCUT2D eigenvalue weighted by Gasteiger charge is -2.15. The highest BCUT2D eigenvalue weighted by atomic mass is 19.4. The molecule has 224 valence electrons. The van der Waals surface area contributed by atoms with Crippen molar-refractivity contribution in [3.8, 4) is 22.5 Å². The lowest BCUT2D eigenvalue weighted by Crippen LogP contribution is -2.16. The summed E-state index contributed by atoms with van der Waals surface area (Å²) in [6, 6.07) is 20.7. The normalized spacial score (nSPS) is 13.8. The molecular formula is C33H31F3N2O5. The largest absolute Gasteiger partial charge is 0.466 e. The van der Waals surface area contributed by atoms with E-state index in [1.54, 1.807) is 13.0 Å². The van der Waals surface area contributed by atoms with Crippen molar-refractivity contribution in [3.63, 3.8) is 0 Å². The quantitative estimate of drug-likeness (QED) is 0.187. The van der Waals surface area contributed by atoms with Crippen LogP contribution < -0.4 is 5.32 Å². The van der Waals surface area contributed by atoms with Gasteiger partial charge in [0.05, 0.1) is 25.2 Å². The van der Waals surface area contributed by atoms with Crippen LogP contribution in [0.25, 0.3) is 22.5 Å². The van der Waals surface area contributed by atoms with Crippen molar-refractivity contribution in [2.24, 2.45) is 0 Å². The van der Waals surface area contributed by atoms with E-state index in [-0.39, 0.29) is 24.4 Å². The molecule has 5 rings (SSSR count). The lowest BCUT2D eigenvalue weighted by molar-refractivity contribution is -0.143. The molecule has 1 aliphatic carbocycles. The summed E-state index contributed by atoms with van der Waals surface area (Å²) in [5, 5.41) is 6.62. The van der Waals surface area contributed by atoms with E-state index in [9.17, 15) is 22.8 Å². The number of benzene rings is 3. The highest BCUT2D eigenvalue weighted by molar-refractivity contribution is 5.91. The lowest BCUT2D eigenvalue weighted by atomic mass is 9.91. The first-order valence-electron chi connectivity index (χ1n) is 14.0. The Hall–Kier alpha value is -4.60. The van der Waals surface area contributed by atoms with Gasteiger partial charge in [-0.2, -0.15) is 13.2 Å². The number of nitrogens with one attached hydrogen (secondary N) is 1. The Morgan fingerprint density at radius 1 is 0.953 bits per heavy atom. The number of anilines is 1. The number of nitrogens with zero attached hydrogens (tertiary/aromatic N) is 1. The zero-order chi connectivity index (χ0) is 30.6. The van der Waals surface area contributed by atoms with Crippen LogP contribution in [-0.4, -0.2) is 30.4 Å². The minimum Gasteiger partial charge on any atom is -0.466 e. The molecule has 3 aromatic carbocycles. The van der Waals surface area contributed by atoms with Crippen LogP contribution in [0.1, 0.15) is 48.6 Å². The molecule has 0 bridgehead atoms. The van der Waals surface area contributed by atoms with Gasteiger partial charge in [0.15, 0.2) is 5.76 Å². The van der Waals surface area contributed by atoms with Crippen molar-refractivity contribution in [1.29, 1.82) is 0 Å². The average molecular weight is 593 g/mol. The van der Waals surface area contributed by atoms with Gasteiger partial charge in [-0.1, -0.05) is 71.9 Å². The Balaban J connectivity index is 1.20. The fraction of sp³-hybridized carbons (Fsp3) is 0.303. The molecular weight excluding hydrogens is 561 g/mol. The van der Waals surface area contributed by atoms with Gasteiger partial charge in [-0.3, -0.25) is 10.1 Å². The molecule has 1 aliphatic rings. The van der Waals surface area contributed by atoms with E-state index in [1.165, 1.54) is 6.07 Å². The van der Waals surface area contributed by atoms with E-state index in [0.29, 0.717) is 41.3 Å². The number of alkyl halides is 3. The third-order valence-electron chi connectivity index (χ3n) is 7.59. The van der Waals surface area contributed by atoms with E-state index < -0.39 is 17.8 Å². The smallest absolute Gasteiger partial charge is 0.416 e. The molecule has 1 N–H and O–H groups in total. The molecule has 10 heteroatoms. The topological polar surface area (TPSA) is 90.7 Å². The first kappa shape index (κ1) is 29.9. The molecule has 0 atom stereocenters. The fourth-order valence-electron chi connectivity index (χ4n) is 5.05. The van der Waals surface area contributed by atoms with Gasteiger partial charge in [-0.25, -0.2) is 4.79 Å².